The number of hydrogen-bond donors (Lipinski definition) is 1. The van der Waals surface area contributed by atoms with E-state index in [-0.39, 0.29) is 7.43 Å². The maximum absolute atomic E-state index is 3.33. The molecule has 2 heterocycles. The second-order valence-electron chi connectivity index (χ2n) is 10.3. The van der Waals surface area contributed by atoms with Crippen LogP contribution in [-0.2, 0) is 0 Å². The summed E-state index contributed by atoms with van der Waals surface area (Å²) in [4.78, 5) is 2.39. The van der Waals surface area contributed by atoms with Crippen LogP contribution in [0.3, 0.4) is 0 Å². The lowest BCUT2D eigenvalue weighted by Gasteiger charge is -2.20. The molecule has 2 aliphatic carbocycles. The fourth-order valence-corrected chi connectivity index (χ4v) is 4.69. The average Bonchev–Trinajstić information content (AvgIpc) is 2.72. The van der Waals surface area contributed by atoms with E-state index in [1.807, 2.05) is 0 Å². The lowest BCUT2D eigenvalue weighted by molar-refractivity contribution is 0.277. The van der Waals surface area contributed by atoms with E-state index in [1.165, 1.54) is 122 Å². The first-order valence-electron chi connectivity index (χ1n) is 13.0. The van der Waals surface area contributed by atoms with Crippen LogP contribution < -0.4 is 5.32 Å². The molecule has 4 fully saturated rings. The van der Waals surface area contributed by atoms with Crippen LogP contribution in [-0.4, -0.2) is 38.1 Å². The SMILES string of the molecule is C.CC1CCCCC1.CC1CCCCC1.CN1CCCCC1.C[C@H]1CCCNC1. The Balaban J connectivity index is 0.000000356. The van der Waals surface area contributed by atoms with Gasteiger partial charge in [0.2, 0.25) is 0 Å². The molecule has 2 nitrogen and oxygen atoms in total. The van der Waals surface area contributed by atoms with Gasteiger partial charge in [-0.2, -0.15) is 0 Å². The van der Waals surface area contributed by atoms with Crippen molar-refractivity contribution in [1.82, 2.24) is 10.2 Å². The van der Waals surface area contributed by atoms with Crippen LogP contribution >= 0.6 is 0 Å². The standard InChI is InChI=1S/2C7H14.2C6H13N.CH4/c2*1-7-5-3-2-4-6-7;1-6-3-2-4-7-5-6;1-7-5-3-2-4-6-7;/h2*7H,2-6H2,1H3;6-7H,2-5H2,1H3;2-6H2,1H3;1H4/t;;6-;;/m..0../s1. The van der Waals surface area contributed by atoms with Crippen molar-refractivity contribution in [3.63, 3.8) is 0 Å². The Bertz CT molecular complexity index is 242. The van der Waals surface area contributed by atoms with Gasteiger partial charge in [0.15, 0.2) is 0 Å². The molecule has 2 saturated heterocycles. The number of nitrogens with zero attached hydrogens (tertiary/aromatic N) is 1. The largest absolute Gasteiger partial charge is 0.316 e. The van der Waals surface area contributed by atoms with Crippen molar-refractivity contribution in [3.05, 3.63) is 0 Å². The normalized spacial score (nSPS) is 26.3. The first-order valence-corrected chi connectivity index (χ1v) is 13.0. The van der Waals surface area contributed by atoms with E-state index < -0.39 is 0 Å². The maximum Gasteiger partial charge on any atom is -0.00218 e. The lowest BCUT2D eigenvalue weighted by atomic mass is 9.91. The Labute approximate surface area is 186 Å². The highest BCUT2D eigenvalue weighted by atomic mass is 15.1. The molecule has 0 aromatic heterocycles. The van der Waals surface area contributed by atoms with Gasteiger partial charge in [-0.15, -0.1) is 0 Å². The van der Waals surface area contributed by atoms with Crippen molar-refractivity contribution in [2.24, 2.45) is 17.8 Å². The second-order valence-corrected chi connectivity index (χ2v) is 10.3. The lowest BCUT2D eigenvalue weighted by Crippen LogP contribution is -2.27. The van der Waals surface area contributed by atoms with Crippen molar-refractivity contribution in [2.75, 3.05) is 33.2 Å². The van der Waals surface area contributed by atoms with E-state index in [0.29, 0.717) is 0 Å². The highest BCUT2D eigenvalue weighted by Gasteiger charge is 2.07. The Hall–Kier alpha value is -0.0800. The minimum absolute atomic E-state index is 0. The summed E-state index contributed by atoms with van der Waals surface area (Å²) in [6, 6.07) is 0. The third-order valence-electron chi connectivity index (χ3n) is 6.91. The molecule has 29 heavy (non-hydrogen) atoms. The Morgan fingerprint density at radius 3 is 1.17 bits per heavy atom. The van der Waals surface area contributed by atoms with Crippen LogP contribution in [0.4, 0.5) is 0 Å². The molecule has 2 aliphatic heterocycles. The summed E-state index contributed by atoms with van der Waals surface area (Å²) in [6.07, 6.45) is 21.9. The van der Waals surface area contributed by atoms with E-state index in [1.54, 1.807) is 0 Å². The van der Waals surface area contributed by atoms with Gasteiger partial charge in [0.1, 0.15) is 0 Å². The van der Waals surface area contributed by atoms with Crippen LogP contribution in [0, 0.1) is 17.8 Å². The molecular weight excluding hydrogens is 352 g/mol. The summed E-state index contributed by atoms with van der Waals surface area (Å²) >= 11 is 0. The van der Waals surface area contributed by atoms with Gasteiger partial charge >= 0.3 is 0 Å². The van der Waals surface area contributed by atoms with Gasteiger partial charge in [-0.1, -0.05) is 98.8 Å². The minimum atomic E-state index is 0. The van der Waals surface area contributed by atoms with Gasteiger partial charge in [-0.25, -0.2) is 0 Å². The van der Waals surface area contributed by atoms with E-state index in [2.05, 4.69) is 38.0 Å². The maximum atomic E-state index is 3.33. The van der Waals surface area contributed by atoms with Crippen molar-refractivity contribution in [3.8, 4) is 0 Å². The van der Waals surface area contributed by atoms with E-state index in [0.717, 1.165) is 17.8 Å². The van der Waals surface area contributed by atoms with Gasteiger partial charge in [-0.05, 0) is 76.7 Å². The van der Waals surface area contributed by atoms with Gasteiger partial charge in [0.25, 0.3) is 0 Å². The quantitative estimate of drug-likeness (QED) is 0.436. The number of rotatable bonds is 0. The molecule has 0 radical (unpaired) electrons. The van der Waals surface area contributed by atoms with Crippen molar-refractivity contribution in [2.45, 2.75) is 125 Å². The van der Waals surface area contributed by atoms with Gasteiger partial charge < -0.3 is 10.2 Å². The molecule has 4 rings (SSSR count). The van der Waals surface area contributed by atoms with E-state index in [4.69, 9.17) is 0 Å². The first kappa shape index (κ1) is 28.9. The molecule has 2 saturated carbocycles. The summed E-state index contributed by atoms with van der Waals surface area (Å²) in [5, 5.41) is 3.33. The van der Waals surface area contributed by atoms with Crippen molar-refractivity contribution in [1.29, 1.82) is 0 Å². The van der Waals surface area contributed by atoms with Gasteiger partial charge in [-0.3, -0.25) is 0 Å². The average molecular weight is 411 g/mol. The Morgan fingerprint density at radius 1 is 0.552 bits per heavy atom. The number of likely N-dealkylation sites (tertiary alicyclic amines) is 1. The fraction of sp³-hybridized carbons (Fsp3) is 1.00. The molecular formula is C27H58N2. The zero-order chi connectivity index (χ0) is 20.5. The summed E-state index contributed by atoms with van der Waals surface area (Å²) in [7, 11) is 2.19. The molecule has 176 valence electrons. The molecule has 0 amide bonds. The van der Waals surface area contributed by atoms with Gasteiger partial charge in [0.05, 0.1) is 0 Å². The number of nitrogens with one attached hydrogen (secondary N) is 1. The van der Waals surface area contributed by atoms with Crippen LogP contribution in [0.2, 0.25) is 0 Å². The zero-order valence-electron chi connectivity index (χ0n) is 20.1. The van der Waals surface area contributed by atoms with Crippen molar-refractivity contribution < 1.29 is 0 Å². The molecule has 0 spiro atoms. The fourth-order valence-electron chi connectivity index (χ4n) is 4.69. The molecule has 1 N–H and O–H groups in total. The van der Waals surface area contributed by atoms with Crippen LogP contribution in [0.25, 0.3) is 0 Å². The topological polar surface area (TPSA) is 15.3 Å². The molecule has 0 aromatic carbocycles. The first-order chi connectivity index (χ1) is 13.6. The van der Waals surface area contributed by atoms with Crippen LogP contribution in [0.15, 0.2) is 0 Å². The highest BCUT2D eigenvalue weighted by molar-refractivity contribution is 4.63. The van der Waals surface area contributed by atoms with E-state index in [9.17, 15) is 0 Å². The third kappa shape index (κ3) is 18.4. The minimum Gasteiger partial charge on any atom is -0.316 e. The summed E-state index contributed by atoms with van der Waals surface area (Å²) < 4.78 is 0. The van der Waals surface area contributed by atoms with E-state index >= 15 is 0 Å². The Kier molecular flexibility index (Phi) is 19.8. The third-order valence-corrected chi connectivity index (χ3v) is 6.91. The molecule has 2 heteroatoms. The van der Waals surface area contributed by atoms with Crippen LogP contribution in [0.1, 0.15) is 125 Å². The van der Waals surface area contributed by atoms with Crippen molar-refractivity contribution >= 4 is 0 Å². The summed E-state index contributed by atoms with van der Waals surface area (Å²) in [6.45, 7) is 12.1. The number of hydrogen-bond acceptors (Lipinski definition) is 2. The van der Waals surface area contributed by atoms with Crippen LogP contribution in [0.5, 0.6) is 0 Å². The zero-order valence-corrected chi connectivity index (χ0v) is 20.1. The predicted molar refractivity (Wildman–Crippen MR) is 134 cm³/mol. The molecule has 4 aliphatic rings. The van der Waals surface area contributed by atoms with Gasteiger partial charge in [0, 0.05) is 0 Å². The predicted octanol–water partition coefficient (Wildman–Crippen LogP) is 7.92. The monoisotopic (exact) mass is 410 g/mol. The molecule has 1 atom stereocenters. The smallest absolute Gasteiger partial charge is 0.00218 e. The highest BCUT2D eigenvalue weighted by Crippen LogP contribution is 2.22. The Morgan fingerprint density at radius 2 is 0.966 bits per heavy atom. The molecule has 0 bridgehead atoms. The summed E-state index contributed by atoms with van der Waals surface area (Å²) in [5.74, 6) is 3.00. The molecule has 0 unspecified atom stereocenters. The summed E-state index contributed by atoms with van der Waals surface area (Å²) in [5.41, 5.74) is 0. The second kappa shape index (κ2) is 19.9. The molecule has 0 aromatic rings. The number of piperidine rings is 2.